The molecule has 1 rings (SSSR count). The summed E-state index contributed by atoms with van der Waals surface area (Å²) in [6, 6.07) is 1.89. The summed E-state index contributed by atoms with van der Waals surface area (Å²) in [6.45, 7) is 2.08. The molecule has 16 heavy (non-hydrogen) atoms. The molecule has 0 saturated carbocycles. The van der Waals surface area contributed by atoms with Crippen LogP contribution in [0.15, 0.2) is 6.07 Å². The molecular formula is C11H21N3O2. The zero-order valence-corrected chi connectivity index (χ0v) is 10.4. The van der Waals surface area contributed by atoms with Crippen LogP contribution in [0, 0.1) is 0 Å². The van der Waals surface area contributed by atoms with E-state index in [1.54, 1.807) is 14.2 Å². The molecule has 0 aliphatic heterocycles. The zero-order valence-electron chi connectivity index (χ0n) is 10.4. The lowest BCUT2D eigenvalue weighted by molar-refractivity contribution is -0.116. The Hall–Kier alpha value is -0.910. The lowest BCUT2D eigenvalue weighted by atomic mass is 10.1. The number of ether oxygens (including phenoxy) is 2. The van der Waals surface area contributed by atoms with Crippen LogP contribution in [0.3, 0.4) is 0 Å². The SMILES string of the molecule is CCc1cc(CC(N)C(OC)OC)n(C)n1. The van der Waals surface area contributed by atoms with E-state index in [-0.39, 0.29) is 12.3 Å². The third-order valence-corrected chi connectivity index (χ3v) is 2.65. The number of nitrogens with zero attached hydrogens (tertiary/aromatic N) is 2. The van der Waals surface area contributed by atoms with Gasteiger partial charge in [0.15, 0.2) is 6.29 Å². The summed E-state index contributed by atoms with van der Waals surface area (Å²) in [7, 11) is 5.11. The standard InChI is InChI=1S/C11H21N3O2/c1-5-8-6-9(14(2)13-8)7-10(12)11(15-3)16-4/h6,10-11H,5,7,12H2,1-4H3. The third-order valence-electron chi connectivity index (χ3n) is 2.65. The zero-order chi connectivity index (χ0) is 12.1. The Bertz CT molecular complexity index is 321. The van der Waals surface area contributed by atoms with Gasteiger partial charge >= 0.3 is 0 Å². The molecule has 0 aliphatic carbocycles. The topological polar surface area (TPSA) is 62.3 Å². The molecule has 0 bridgehead atoms. The van der Waals surface area contributed by atoms with Gasteiger partial charge in [-0.1, -0.05) is 6.92 Å². The number of nitrogens with two attached hydrogens (primary N) is 1. The second-order valence-corrected chi connectivity index (χ2v) is 3.81. The predicted octanol–water partition coefficient (Wildman–Crippen LogP) is 0.471. The number of hydrogen-bond donors (Lipinski definition) is 1. The molecule has 0 aromatic carbocycles. The van der Waals surface area contributed by atoms with Gasteiger partial charge in [-0.05, 0) is 12.5 Å². The maximum atomic E-state index is 6.00. The quantitative estimate of drug-likeness (QED) is 0.718. The summed E-state index contributed by atoms with van der Waals surface area (Å²) in [4.78, 5) is 0. The molecule has 1 aromatic rings. The van der Waals surface area contributed by atoms with E-state index in [0.717, 1.165) is 17.8 Å². The van der Waals surface area contributed by atoms with Crippen LogP contribution in [0.2, 0.25) is 0 Å². The lowest BCUT2D eigenvalue weighted by Crippen LogP contribution is -2.39. The predicted molar refractivity (Wildman–Crippen MR) is 62.1 cm³/mol. The lowest BCUT2D eigenvalue weighted by Gasteiger charge is -2.20. The number of rotatable bonds is 6. The van der Waals surface area contributed by atoms with E-state index >= 15 is 0 Å². The number of aromatic nitrogens is 2. The van der Waals surface area contributed by atoms with Gasteiger partial charge in [-0.25, -0.2) is 0 Å². The van der Waals surface area contributed by atoms with E-state index in [0.29, 0.717) is 6.42 Å². The highest BCUT2D eigenvalue weighted by Gasteiger charge is 2.18. The number of aryl methyl sites for hydroxylation is 2. The minimum atomic E-state index is -0.375. The Morgan fingerprint density at radius 1 is 1.44 bits per heavy atom. The second-order valence-electron chi connectivity index (χ2n) is 3.81. The largest absolute Gasteiger partial charge is 0.354 e. The Morgan fingerprint density at radius 3 is 2.50 bits per heavy atom. The first-order chi connectivity index (χ1) is 7.62. The van der Waals surface area contributed by atoms with Gasteiger partial charge < -0.3 is 15.2 Å². The summed E-state index contributed by atoms with van der Waals surface area (Å²) >= 11 is 0. The maximum Gasteiger partial charge on any atom is 0.172 e. The molecule has 0 aliphatic rings. The van der Waals surface area contributed by atoms with E-state index in [1.165, 1.54) is 0 Å². The van der Waals surface area contributed by atoms with Crippen molar-refractivity contribution in [1.82, 2.24) is 9.78 Å². The molecule has 0 amide bonds. The Balaban J connectivity index is 2.68. The normalized spacial score (nSPS) is 13.4. The molecular weight excluding hydrogens is 206 g/mol. The Labute approximate surface area is 96.5 Å². The van der Waals surface area contributed by atoms with Crippen LogP contribution in [0.4, 0.5) is 0 Å². The van der Waals surface area contributed by atoms with Crippen LogP contribution >= 0.6 is 0 Å². The van der Waals surface area contributed by atoms with Crippen molar-refractivity contribution in [2.24, 2.45) is 12.8 Å². The van der Waals surface area contributed by atoms with Gasteiger partial charge in [-0.3, -0.25) is 4.68 Å². The van der Waals surface area contributed by atoms with Crippen molar-refractivity contribution in [3.05, 3.63) is 17.5 Å². The van der Waals surface area contributed by atoms with Crippen molar-refractivity contribution in [2.75, 3.05) is 14.2 Å². The molecule has 2 N–H and O–H groups in total. The minimum absolute atomic E-state index is 0.185. The fraction of sp³-hybridized carbons (Fsp3) is 0.727. The fourth-order valence-electron chi connectivity index (χ4n) is 1.72. The number of methoxy groups -OCH3 is 2. The van der Waals surface area contributed by atoms with Gasteiger partial charge in [0, 0.05) is 33.4 Å². The van der Waals surface area contributed by atoms with Crippen LogP contribution in [0.5, 0.6) is 0 Å². The van der Waals surface area contributed by atoms with Gasteiger partial charge in [-0.15, -0.1) is 0 Å². The molecule has 1 heterocycles. The number of hydrogen-bond acceptors (Lipinski definition) is 4. The van der Waals surface area contributed by atoms with Gasteiger partial charge in [0.2, 0.25) is 0 Å². The summed E-state index contributed by atoms with van der Waals surface area (Å²) in [5.74, 6) is 0. The molecule has 92 valence electrons. The molecule has 1 unspecified atom stereocenters. The fourth-order valence-corrected chi connectivity index (χ4v) is 1.72. The first-order valence-corrected chi connectivity index (χ1v) is 5.45. The average molecular weight is 227 g/mol. The van der Waals surface area contributed by atoms with Crippen LogP contribution in [-0.2, 0) is 29.4 Å². The van der Waals surface area contributed by atoms with E-state index in [2.05, 4.69) is 18.1 Å². The van der Waals surface area contributed by atoms with Crippen molar-refractivity contribution in [3.8, 4) is 0 Å². The van der Waals surface area contributed by atoms with E-state index < -0.39 is 0 Å². The second kappa shape index (κ2) is 5.98. The molecule has 0 radical (unpaired) electrons. The third kappa shape index (κ3) is 3.04. The van der Waals surface area contributed by atoms with Crippen LogP contribution in [-0.4, -0.2) is 36.3 Å². The van der Waals surface area contributed by atoms with Gasteiger partial charge in [0.05, 0.1) is 11.7 Å². The molecule has 5 nitrogen and oxygen atoms in total. The first kappa shape index (κ1) is 13.2. The highest BCUT2D eigenvalue weighted by Crippen LogP contribution is 2.09. The van der Waals surface area contributed by atoms with Crippen molar-refractivity contribution >= 4 is 0 Å². The molecule has 0 saturated heterocycles. The monoisotopic (exact) mass is 227 g/mol. The summed E-state index contributed by atoms with van der Waals surface area (Å²) in [5, 5.41) is 4.37. The van der Waals surface area contributed by atoms with Crippen LogP contribution < -0.4 is 5.73 Å². The maximum absolute atomic E-state index is 6.00. The molecule has 1 atom stereocenters. The van der Waals surface area contributed by atoms with Gasteiger partial charge in [0.25, 0.3) is 0 Å². The Kier molecular flexibility index (Phi) is 4.92. The average Bonchev–Trinajstić information content (AvgIpc) is 2.61. The summed E-state index contributed by atoms with van der Waals surface area (Å²) < 4.78 is 12.1. The van der Waals surface area contributed by atoms with Crippen molar-refractivity contribution in [2.45, 2.75) is 32.1 Å². The van der Waals surface area contributed by atoms with Gasteiger partial charge in [0.1, 0.15) is 0 Å². The molecule has 5 heteroatoms. The van der Waals surface area contributed by atoms with Crippen molar-refractivity contribution in [1.29, 1.82) is 0 Å². The van der Waals surface area contributed by atoms with E-state index in [4.69, 9.17) is 15.2 Å². The molecule has 1 aromatic heterocycles. The van der Waals surface area contributed by atoms with Crippen LogP contribution in [0.1, 0.15) is 18.3 Å². The summed E-state index contributed by atoms with van der Waals surface area (Å²) in [5.41, 5.74) is 8.18. The molecule has 0 fully saturated rings. The van der Waals surface area contributed by atoms with E-state index in [1.807, 2.05) is 11.7 Å². The highest BCUT2D eigenvalue weighted by molar-refractivity contribution is 5.11. The highest BCUT2D eigenvalue weighted by atomic mass is 16.7. The summed E-state index contributed by atoms with van der Waals surface area (Å²) in [6.07, 6.45) is 1.25. The first-order valence-electron chi connectivity index (χ1n) is 5.45. The van der Waals surface area contributed by atoms with Crippen LogP contribution in [0.25, 0.3) is 0 Å². The molecule has 0 spiro atoms. The van der Waals surface area contributed by atoms with Gasteiger partial charge in [-0.2, -0.15) is 5.10 Å². The van der Waals surface area contributed by atoms with Crippen molar-refractivity contribution < 1.29 is 9.47 Å². The van der Waals surface area contributed by atoms with Crippen molar-refractivity contribution in [3.63, 3.8) is 0 Å². The van der Waals surface area contributed by atoms with E-state index in [9.17, 15) is 0 Å². The Morgan fingerprint density at radius 2 is 2.06 bits per heavy atom. The smallest absolute Gasteiger partial charge is 0.172 e. The minimum Gasteiger partial charge on any atom is -0.354 e.